The minimum absolute atomic E-state index is 0.144. The lowest BCUT2D eigenvalue weighted by Gasteiger charge is -2.09. The van der Waals surface area contributed by atoms with E-state index in [1.165, 1.54) is 4.90 Å². The van der Waals surface area contributed by atoms with Gasteiger partial charge in [-0.3, -0.25) is 15.6 Å². The van der Waals surface area contributed by atoms with E-state index in [4.69, 9.17) is 0 Å². The van der Waals surface area contributed by atoms with Gasteiger partial charge in [-0.05, 0) is 55.0 Å². The van der Waals surface area contributed by atoms with Crippen LogP contribution in [0.15, 0.2) is 58.3 Å². The van der Waals surface area contributed by atoms with Gasteiger partial charge in [-0.2, -0.15) is 0 Å². The number of hydrogen-bond acceptors (Lipinski definition) is 4. The number of hydrazine groups is 1. The van der Waals surface area contributed by atoms with Crippen LogP contribution in [0.3, 0.4) is 0 Å². The lowest BCUT2D eigenvalue weighted by Crippen LogP contribution is -2.29. The van der Waals surface area contributed by atoms with Gasteiger partial charge in [0.1, 0.15) is 0 Å². The van der Waals surface area contributed by atoms with Gasteiger partial charge < -0.3 is 0 Å². The lowest BCUT2D eigenvalue weighted by atomic mass is 10.2. The van der Waals surface area contributed by atoms with Crippen LogP contribution in [0.4, 0.5) is 5.69 Å². The second-order valence-electron chi connectivity index (χ2n) is 4.04. The van der Waals surface area contributed by atoms with Gasteiger partial charge in [0.2, 0.25) is 0 Å². The van der Waals surface area contributed by atoms with E-state index in [2.05, 4.69) is 10.9 Å². The van der Waals surface area contributed by atoms with Gasteiger partial charge in [0, 0.05) is 15.4 Å². The van der Waals surface area contributed by atoms with E-state index in [1.54, 1.807) is 29.6 Å². The van der Waals surface area contributed by atoms with E-state index >= 15 is 0 Å². The van der Waals surface area contributed by atoms with Crippen LogP contribution in [0.5, 0.6) is 0 Å². The van der Waals surface area contributed by atoms with Crippen LogP contribution in [0.2, 0.25) is 0 Å². The number of hydrogen-bond donors (Lipinski definition) is 2. The summed E-state index contributed by atoms with van der Waals surface area (Å²) in [5.41, 5.74) is 7.12. The predicted octanol–water partition coefficient (Wildman–Crippen LogP) is 3.89. The topological polar surface area (TPSA) is 41.1 Å². The molecule has 0 aliphatic rings. The first kappa shape index (κ1) is 14.8. The second-order valence-corrected chi connectivity index (χ2v) is 5.80. The minimum Gasteiger partial charge on any atom is -0.298 e. The van der Waals surface area contributed by atoms with E-state index < -0.39 is 0 Å². The summed E-state index contributed by atoms with van der Waals surface area (Å²) < 4.78 is 0. The lowest BCUT2D eigenvalue weighted by molar-refractivity contribution is 0.0962. The molecular weight excluding hydrogens is 288 g/mol. The van der Waals surface area contributed by atoms with E-state index in [0.29, 0.717) is 5.56 Å². The molecule has 0 fully saturated rings. The molecular formula is C15H16N2OS2. The van der Waals surface area contributed by atoms with Gasteiger partial charge >= 0.3 is 0 Å². The van der Waals surface area contributed by atoms with E-state index in [0.717, 1.165) is 10.6 Å². The van der Waals surface area contributed by atoms with Crippen LogP contribution in [-0.4, -0.2) is 18.4 Å². The molecule has 1 amide bonds. The Morgan fingerprint density at radius 3 is 2.30 bits per heavy atom. The number of amides is 1. The number of anilines is 1. The van der Waals surface area contributed by atoms with Crippen molar-refractivity contribution in [2.24, 2.45) is 0 Å². The molecule has 0 aliphatic heterocycles. The summed E-state index contributed by atoms with van der Waals surface area (Å²) in [7, 11) is 0. The molecule has 3 nitrogen and oxygen atoms in total. The number of benzene rings is 2. The van der Waals surface area contributed by atoms with Crippen LogP contribution in [0, 0.1) is 0 Å². The first-order valence-corrected chi connectivity index (χ1v) is 8.52. The largest absolute Gasteiger partial charge is 0.298 e. The predicted molar refractivity (Wildman–Crippen MR) is 87.5 cm³/mol. The number of thioether (sulfide) groups is 2. The average Bonchev–Trinajstić information content (AvgIpc) is 2.53. The molecule has 0 atom stereocenters. The van der Waals surface area contributed by atoms with Crippen molar-refractivity contribution in [3.63, 3.8) is 0 Å². The zero-order chi connectivity index (χ0) is 14.4. The summed E-state index contributed by atoms with van der Waals surface area (Å²) in [4.78, 5) is 14.3. The highest BCUT2D eigenvalue weighted by Crippen LogP contribution is 2.17. The van der Waals surface area contributed by atoms with Crippen molar-refractivity contribution in [2.45, 2.75) is 9.79 Å². The Labute approximate surface area is 127 Å². The summed E-state index contributed by atoms with van der Waals surface area (Å²) in [6.45, 7) is 0. The highest BCUT2D eigenvalue weighted by molar-refractivity contribution is 7.98. The molecule has 2 rings (SSSR count). The number of carbonyl (C=O) groups excluding carboxylic acids is 1. The highest BCUT2D eigenvalue weighted by Gasteiger charge is 2.05. The standard InChI is InChI=1S/C15H16N2OS2/c1-19-13-8-6-12(7-9-13)16-17-15(18)11-4-3-5-14(10-11)20-2/h3-10,16H,1-2H3,(H,17,18). The maximum atomic E-state index is 12.0. The second kappa shape index (κ2) is 7.26. The molecule has 0 radical (unpaired) electrons. The molecule has 0 bridgehead atoms. The first-order chi connectivity index (χ1) is 9.72. The van der Waals surface area contributed by atoms with Crippen LogP contribution in [-0.2, 0) is 0 Å². The van der Waals surface area contributed by atoms with E-state index in [-0.39, 0.29) is 5.91 Å². The van der Waals surface area contributed by atoms with Gasteiger partial charge in [0.05, 0.1) is 5.69 Å². The zero-order valence-corrected chi connectivity index (χ0v) is 13.0. The maximum absolute atomic E-state index is 12.0. The molecule has 5 heteroatoms. The Kier molecular flexibility index (Phi) is 5.38. The summed E-state index contributed by atoms with van der Waals surface area (Å²) in [5.74, 6) is -0.144. The van der Waals surface area contributed by atoms with Gasteiger partial charge in [-0.25, -0.2) is 0 Å². The Hall–Kier alpha value is -1.59. The molecule has 2 N–H and O–H groups in total. The molecule has 0 aliphatic carbocycles. The number of nitrogens with one attached hydrogen (secondary N) is 2. The smallest absolute Gasteiger partial charge is 0.269 e. The van der Waals surface area contributed by atoms with Crippen molar-refractivity contribution in [1.82, 2.24) is 5.43 Å². The third-order valence-electron chi connectivity index (χ3n) is 2.74. The van der Waals surface area contributed by atoms with Crippen LogP contribution < -0.4 is 10.9 Å². The Morgan fingerprint density at radius 1 is 0.950 bits per heavy atom. The van der Waals surface area contributed by atoms with Crippen molar-refractivity contribution in [1.29, 1.82) is 0 Å². The van der Waals surface area contributed by atoms with Crippen molar-refractivity contribution >= 4 is 35.1 Å². The Morgan fingerprint density at radius 2 is 1.65 bits per heavy atom. The molecule has 0 unspecified atom stereocenters. The third kappa shape index (κ3) is 3.95. The van der Waals surface area contributed by atoms with Gasteiger partial charge in [0.25, 0.3) is 5.91 Å². The quantitative estimate of drug-likeness (QED) is 0.649. The van der Waals surface area contributed by atoms with Crippen LogP contribution >= 0.6 is 23.5 Å². The first-order valence-electron chi connectivity index (χ1n) is 6.07. The fourth-order valence-corrected chi connectivity index (χ4v) is 2.51. The fraction of sp³-hybridized carbons (Fsp3) is 0.133. The average molecular weight is 304 g/mol. The van der Waals surface area contributed by atoms with Gasteiger partial charge in [-0.1, -0.05) is 6.07 Å². The minimum atomic E-state index is -0.144. The number of rotatable bonds is 5. The summed E-state index contributed by atoms with van der Waals surface area (Å²) in [5, 5.41) is 0. The normalized spacial score (nSPS) is 10.1. The molecule has 104 valence electrons. The van der Waals surface area contributed by atoms with Crippen LogP contribution in [0.1, 0.15) is 10.4 Å². The molecule has 2 aromatic rings. The maximum Gasteiger partial charge on any atom is 0.269 e. The molecule has 20 heavy (non-hydrogen) atoms. The molecule has 0 saturated heterocycles. The molecule has 0 saturated carbocycles. The molecule has 0 aromatic heterocycles. The van der Waals surface area contributed by atoms with Gasteiger partial charge in [0.15, 0.2) is 0 Å². The summed E-state index contributed by atoms with van der Waals surface area (Å²) in [6.07, 6.45) is 4.02. The van der Waals surface area contributed by atoms with Crippen molar-refractivity contribution in [3.05, 3.63) is 54.1 Å². The Bertz CT molecular complexity index is 585. The monoisotopic (exact) mass is 304 g/mol. The zero-order valence-electron chi connectivity index (χ0n) is 11.3. The number of carbonyl (C=O) groups is 1. The van der Waals surface area contributed by atoms with E-state index in [9.17, 15) is 4.79 Å². The molecule has 2 aromatic carbocycles. The van der Waals surface area contributed by atoms with Crippen molar-refractivity contribution in [2.75, 3.05) is 17.9 Å². The fourth-order valence-electron chi connectivity index (χ4n) is 1.64. The Balaban J connectivity index is 1.97. The molecule has 0 heterocycles. The van der Waals surface area contributed by atoms with Gasteiger partial charge in [-0.15, -0.1) is 23.5 Å². The van der Waals surface area contributed by atoms with Crippen molar-refractivity contribution < 1.29 is 4.79 Å². The van der Waals surface area contributed by atoms with Crippen molar-refractivity contribution in [3.8, 4) is 0 Å². The SMILES string of the molecule is CSc1ccc(NNC(=O)c2cccc(SC)c2)cc1. The van der Waals surface area contributed by atoms with Crippen LogP contribution in [0.25, 0.3) is 0 Å². The third-order valence-corrected chi connectivity index (χ3v) is 4.21. The summed E-state index contributed by atoms with van der Waals surface area (Å²) in [6, 6.07) is 15.4. The highest BCUT2D eigenvalue weighted by atomic mass is 32.2. The summed E-state index contributed by atoms with van der Waals surface area (Å²) >= 11 is 3.30. The van der Waals surface area contributed by atoms with E-state index in [1.807, 2.05) is 55.0 Å². The molecule has 0 spiro atoms.